The van der Waals surface area contributed by atoms with Gasteiger partial charge in [-0.1, -0.05) is 32.9 Å². The Morgan fingerprint density at radius 3 is 2.47 bits per heavy atom. The maximum Gasteiger partial charge on any atom is 0.260 e. The maximum absolute atomic E-state index is 12.5. The molecule has 1 aromatic carbocycles. The van der Waals surface area contributed by atoms with Crippen LogP contribution in [0.15, 0.2) is 29.3 Å². The Balaban J connectivity index is 1.96. The molecule has 11 nitrogen and oxygen atoms in total. The van der Waals surface area contributed by atoms with E-state index in [-0.39, 0.29) is 36.0 Å². The fourth-order valence-electron chi connectivity index (χ4n) is 3.76. The molecule has 1 unspecified atom stereocenters. The first-order valence-electron chi connectivity index (χ1n) is 11.0. The Morgan fingerprint density at radius 1 is 1.12 bits per heavy atom. The molecule has 3 rings (SSSR count). The van der Waals surface area contributed by atoms with Crippen molar-refractivity contribution >= 4 is 32.8 Å². The molecule has 0 aliphatic carbocycles. The quantitative estimate of drug-likeness (QED) is 0.386. The van der Waals surface area contributed by atoms with Crippen LogP contribution in [-0.2, 0) is 23.5 Å². The van der Waals surface area contributed by atoms with Gasteiger partial charge in [0.05, 0.1) is 36.1 Å². The van der Waals surface area contributed by atoms with Gasteiger partial charge < -0.3 is 15.0 Å². The van der Waals surface area contributed by atoms with Gasteiger partial charge in [-0.2, -0.15) is 15.0 Å². The molecule has 34 heavy (non-hydrogen) atoms. The normalized spacial score (nSPS) is 13.7. The second-order valence-electron chi connectivity index (χ2n) is 8.94. The van der Waals surface area contributed by atoms with Crippen LogP contribution in [0.2, 0.25) is 0 Å². The molecule has 0 spiro atoms. The van der Waals surface area contributed by atoms with E-state index in [1.54, 1.807) is 13.1 Å². The molecule has 0 bridgehead atoms. The van der Waals surface area contributed by atoms with E-state index in [2.05, 4.69) is 30.0 Å². The first-order valence-corrected chi connectivity index (χ1v) is 12.9. The fraction of sp³-hybridized carbons (Fsp3) is 0.500. The highest BCUT2D eigenvalue weighted by molar-refractivity contribution is 7.91. The van der Waals surface area contributed by atoms with Gasteiger partial charge in [0, 0.05) is 13.5 Å². The number of para-hydroxylation sites is 1. The van der Waals surface area contributed by atoms with Crippen LogP contribution in [0.5, 0.6) is 0 Å². The van der Waals surface area contributed by atoms with Crippen molar-refractivity contribution in [1.29, 1.82) is 0 Å². The van der Waals surface area contributed by atoms with Gasteiger partial charge in [0.25, 0.3) is 5.56 Å². The van der Waals surface area contributed by atoms with Gasteiger partial charge in [0.15, 0.2) is 0 Å². The monoisotopic (exact) mass is 489 g/mol. The van der Waals surface area contributed by atoms with E-state index in [4.69, 9.17) is 0 Å². The molecule has 0 saturated heterocycles. The number of hydrogen-bond acceptors (Lipinski definition) is 9. The van der Waals surface area contributed by atoms with Gasteiger partial charge in [-0.3, -0.25) is 9.52 Å². The topological polar surface area (TPSA) is 152 Å². The summed E-state index contributed by atoms with van der Waals surface area (Å²) in [6.07, 6.45) is 3.53. The van der Waals surface area contributed by atoms with E-state index in [9.17, 15) is 18.3 Å². The highest BCUT2D eigenvalue weighted by Crippen LogP contribution is 2.25. The van der Waals surface area contributed by atoms with Crippen LogP contribution in [0.25, 0.3) is 10.9 Å². The van der Waals surface area contributed by atoms with E-state index in [0.717, 1.165) is 11.8 Å². The number of aliphatic hydroxyl groups is 1. The predicted molar refractivity (Wildman–Crippen MR) is 131 cm³/mol. The molecular weight excluding hydrogens is 458 g/mol. The van der Waals surface area contributed by atoms with Gasteiger partial charge in [-0.05, 0) is 29.9 Å². The summed E-state index contributed by atoms with van der Waals surface area (Å²) in [5.41, 5.74) is 1.33. The van der Waals surface area contributed by atoms with Crippen LogP contribution in [0.3, 0.4) is 0 Å². The summed E-state index contributed by atoms with van der Waals surface area (Å²) in [7, 11) is -1.96. The van der Waals surface area contributed by atoms with Crippen molar-refractivity contribution < 1.29 is 13.5 Å². The molecule has 3 aromatic rings. The SMILES string of the molecule is CC(C)C[C@H](CO)Nc1nc(CC(C)c2cccc3c(=O)n(C)cnc23)nc(NS(C)(=O)=O)n1. The van der Waals surface area contributed by atoms with Crippen molar-refractivity contribution in [2.24, 2.45) is 13.0 Å². The van der Waals surface area contributed by atoms with Crippen LogP contribution < -0.4 is 15.6 Å². The van der Waals surface area contributed by atoms with Crippen molar-refractivity contribution in [1.82, 2.24) is 24.5 Å². The summed E-state index contributed by atoms with van der Waals surface area (Å²) in [5.74, 6) is 0.625. The summed E-state index contributed by atoms with van der Waals surface area (Å²) in [6, 6.07) is 5.16. The average Bonchev–Trinajstić information content (AvgIpc) is 2.73. The minimum Gasteiger partial charge on any atom is -0.394 e. The lowest BCUT2D eigenvalue weighted by Gasteiger charge is -2.19. The molecule has 184 valence electrons. The molecule has 3 N–H and O–H groups in total. The third kappa shape index (κ3) is 6.48. The zero-order valence-electron chi connectivity index (χ0n) is 20.0. The number of aliphatic hydroxyl groups excluding tert-OH is 1. The van der Waals surface area contributed by atoms with E-state index in [1.807, 2.05) is 32.9 Å². The second kappa shape index (κ2) is 10.4. The summed E-state index contributed by atoms with van der Waals surface area (Å²) in [5, 5.41) is 13.3. The van der Waals surface area contributed by atoms with Gasteiger partial charge in [0.1, 0.15) is 5.82 Å². The zero-order valence-corrected chi connectivity index (χ0v) is 20.8. The molecule has 0 saturated carbocycles. The minimum absolute atomic E-state index is 0.103. The van der Waals surface area contributed by atoms with Crippen molar-refractivity contribution in [2.45, 2.75) is 45.6 Å². The smallest absolute Gasteiger partial charge is 0.260 e. The Morgan fingerprint density at radius 2 is 1.82 bits per heavy atom. The fourth-order valence-corrected chi connectivity index (χ4v) is 4.19. The molecular formula is C22H31N7O4S. The molecule has 2 atom stereocenters. The number of fused-ring (bicyclic) bond motifs is 1. The van der Waals surface area contributed by atoms with Crippen molar-refractivity contribution in [3.05, 3.63) is 46.3 Å². The van der Waals surface area contributed by atoms with Crippen LogP contribution in [0.1, 0.15) is 44.5 Å². The first kappa shape index (κ1) is 25.5. The molecule has 0 aliphatic rings. The average molecular weight is 490 g/mol. The largest absolute Gasteiger partial charge is 0.394 e. The number of hydrogen-bond donors (Lipinski definition) is 3. The minimum atomic E-state index is -3.61. The third-order valence-electron chi connectivity index (χ3n) is 5.27. The molecule has 0 radical (unpaired) electrons. The molecule has 2 heterocycles. The van der Waals surface area contributed by atoms with Crippen LogP contribution in [-0.4, -0.2) is 56.9 Å². The Labute approximate surface area is 198 Å². The van der Waals surface area contributed by atoms with E-state index < -0.39 is 10.0 Å². The predicted octanol–water partition coefficient (Wildman–Crippen LogP) is 1.66. The molecule has 0 amide bonds. The summed E-state index contributed by atoms with van der Waals surface area (Å²) in [4.78, 5) is 29.9. The highest BCUT2D eigenvalue weighted by Gasteiger charge is 2.19. The molecule has 2 aromatic heterocycles. The summed E-state index contributed by atoms with van der Waals surface area (Å²) in [6.45, 7) is 5.91. The Kier molecular flexibility index (Phi) is 7.82. The number of aromatic nitrogens is 5. The lowest BCUT2D eigenvalue weighted by atomic mass is 9.95. The van der Waals surface area contributed by atoms with Gasteiger partial charge in [-0.15, -0.1) is 0 Å². The first-order chi connectivity index (χ1) is 16.0. The van der Waals surface area contributed by atoms with E-state index >= 15 is 0 Å². The van der Waals surface area contributed by atoms with Crippen molar-refractivity contribution in [3.8, 4) is 0 Å². The van der Waals surface area contributed by atoms with Gasteiger partial charge >= 0.3 is 0 Å². The summed E-state index contributed by atoms with van der Waals surface area (Å²) >= 11 is 0. The third-order valence-corrected chi connectivity index (χ3v) is 5.82. The van der Waals surface area contributed by atoms with Crippen LogP contribution in [0, 0.1) is 5.92 Å². The number of sulfonamides is 1. The Bertz CT molecular complexity index is 1320. The van der Waals surface area contributed by atoms with Gasteiger partial charge in [0.2, 0.25) is 21.9 Å². The van der Waals surface area contributed by atoms with Gasteiger partial charge in [-0.25, -0.2) is 13.4 Å². The Hall–Kier alpha value is -3.12. The molecule has 12 heteroatoms. The number of rotatable bonds is 10. The lowest BCUT2D eigenvalue weighted by Crippen LogP contribution is -2.27. The number of anilines is 2. The number of nitrogens with one attached hydrogen (secondary N) is 2. The number of nitrogens with zero attached hydrogens (tertiary/aromatic N) is 5. The standard InChI is InChI=1S/C22H31N7O4S/c1-13(2)9-15(11-30)24-21-25-18(26-22(27-21)28-34(5,32)33)10-14(3)16-7-6-8-17-19(16)23-12-29(4)20(17)31/h6-8,12-15,30H,9-11H2,1-5H3,(H2,24,25,26,27,28)/t14?,15-/m1/s1. The zero-order chi connectivity index (χ0) is 25.0. The number of aryl methyl sites for hydroxylation is 1. The maximum atomic E-state index is 12.5. The van der Waals surface area contributed by atoms with Crippen LogP contribution in [0.4, 0.5) is 11.9 Å². The highest BCUT2D eigenvalue weighted by atomic mass is 32.2. The second-order valence-corrected chi connectivity index (χ2v) is 10.7. The molecule has 0 fully saturated rings. The van der Waals surface area contributed by atoms with E-state index in [1.165, 1.54) is 10.9 Å². The molecule has 0 aliphatic heterocycles. The lowest BCUT2D eigenvalue weighted by molar-refractivity contribution is 0.259. The summed E-state index contributed by atoms with van der Waals surface area (Å²) < 4.78 is 27.3. The number of benzene rings is 1. The van der Waals surface area contributed by atoms with E-state index in [0.29, 0.717) is 35.5 Å². The van der Waals surface area contributed by atoms with Crippen LogP contribution >= 0.6 is 0 Å². The van der Waals surface area contributed by atoms with Crippen molar-refractivity contribution in [2.75, 3.05) is 22.9 Å². The van der Waals surface area contributed by atoms with Crippen molar-refractivity contribution in [3.63, 3.8) is 0 Å².